The van der Waals surface area contributed by atoms with Crippen molar-refractivity contribution in [3.63, 3.8) is 0 Å². The Kier molecular flexibility index (Phi) is 6.91. The average Bonchev–Trinajstić information content (AvgIpc) is 2.82. The number of amides is 1. The standard InChI is InChI=1S/C28H33N3O/c1-4-30-25(20-29(2)3)21-31(27-13-9-8-12-26(27)30)28(32)19-16-22-14-17-24(18-15-22)23-10-6-5-7-11-23/h5-15,17-18,25H,4,16,19-21H2,1-3H3. The number of rotatable bonds is 7. The van der Waals surface area contributed by atoms with Crippen molar-refractivity contribution in [2.24, 2.45) is 0 Å². The molecule has 1 aliphatic heterocycles. The van der Waals surface area contributed by atoms with Crippen LogP contribution in [-0.4, -0.2) is 50.6 Å². The van der Waals surface area contributed by atoms with Crippen molar-refractivity contribution in [3.8, 4) is 11.1 Å². The maximum absolute atomic E-state index is 13.3. The summed E-state index contributed by atoms with van der Waals surface area (Å²) in [5.74, 6) is 0.198. The molecule has 0 radical (unpaired) electrons. The lowest BCUT2D eigenvalue weighted by atomic mass is 10.0. The number of para-hydroxylation sites is 2. The largest absolute Gasteiger partial charge is 0.364 e. The summed E-state index contributed by atoms with van der Waals surface area (Å²) in [6.07, 6.45) is 1.27. The molecule has 1 amide bonds. The number of hydrogen-bond acceptors (Lipinski definition) is 3. The van der Waals surface area contributed by atoms with E-state index in [1.165, 1.54) is 16.7 Å². The Labute approximate surface area is 192 Å². The van der Waals surface area contributed by atoms with Gasteiger partial charge in [-0.3, -0.25) is 4.79 Å². The maximum Gasteiger partial charge on any atom is 0.227 e. The van der Waals surface area contributed by atoms with Gasteiger partial charge in [-0.25, -0.2) is 0 Å². The highest BCUT2D eigenvalue weighted by Gasteiger charge is 2.32. The molecule has 1 unspecified atom stereocenters. The Hall–Kier alpha value is -3.11. The van der Waals surface area contributed by atoms with Crippen LogP contribution in [0.3, 0.4) is 0 Å². The highest BCUT2D eigenvalue weighted by atomic mass is 16.2. The second-order valence-corrected chi connectivity index (χ2v) is 8.76. The fourth-order valence-electron chi connectivity index (χ4n) is 4.66. The number of benzene rings is 3. The molecule has 3 aromatic rings. The van der Waals surface area contributed by atoms with E-state index in [0.717, 1.165) is 37.4 Å². The molecular weight excluding hydrogens is 394 g/mol. The zero-order valence-corrected chi connectivity index (χ0v) is 19.4. The van der Waals surface area contributed by atoms with Gasteiger partial charge in [-0.15, -0.1) is 0 Å². The van der Waals surface area contributed by atoms with Gasteiger partial charge in [0.2, 0.25) is 5.91 Å². The summed E-state index contributed by atoms with van der Waals surface area (Å²) in [4.78, 5) is 20.0. The van der Waals surface area contributed by atoms with Gasteiger partial charge in [-0.1, -0.05) is 66.7 Å². The minimum absolute atomic E-state index is 0.198. The van der Waals surface area contributed by atoms with Crippen molar-refractivity contribution in [1.29, 1.82) is 0 Å². The molecule has 3 aromatic carbocycles. The van der Waals surface area contributed by atoms with E-state index < -0.39 is 0 Å². The second-order valence-electron chi connectivity index (χ2n) is 8.76. The van der Waals surface area contributed by atoms with Crippen LogP contribution in [0.2, 0.25) is 0 Å². The van der Waals surface area contributed by atoms with Gasteiger partial charge in [0.05, 0.1) is 17.4 Å². The predicted molar refractivity (Wildman–Crippen MR) is 134 cm³/mol. The predicted octanol–water partition coefficient (Wildman–Crippen LogP) is 5.09. The molecule has 166 valence electrons. The van der Waals surface area contributed by atoms with Crippen LogP contribution in [0.1, 0.15) is 18.9 Å². The molecule has 1 heterocycles. The maximum atomic E-state index is 13.3. The third-order valence-corrected chi connectivity index (χ3v) is 6.22. The zero-order chi connectivity index (χ0) is 22.5. The van der Waals surface area contributed by atoms with Crippen LogP contribution in [0.15, 0.2) is 78.9 Å². The number of carbonyl (C=O) groups is 1. The Balaban J connectivity index is 1.47. The molecule has 0 fully saturated rings. The van der Waals surface area contributed by atoms with Crippen LogP contribution >= 0.6 is 0 Å². The zero-order valence-electron chi connectivity index (χ0n) is 19.4. The first-order valence-electron chi connectivity index (χ1n) is 11.5. The minimum Gasteiger partial charge on any atom is -0.364 e. The normalized spacial score (nSPS) is 15.7. The number of nitrogens with zero attached hydrogens (tertiary/aromatic N) is 3. The van der Waals surface area contributed by atoms with Crippen LogP contribution in [0.25, 0.3) is 11.1 Å². The molecular formula is C28H33N3O. The van der Waals surface area contributed by atoms with Crippen LogP contribution in [0.4, 0.5) is 11.4 Å². The van der Waals surface area contributed by atoms with Crippen LogP contribution in [0.5, 0.6) is 0 Å². The molecule has 0 aliphatic carbocycles. The molecule has 4 heteroatoms. The van der Waals surface area contributed by atoms with Gasteiger partial charge < -0.3 is 14.7 Å². The van der Waals surface area contributed by atoms with Crippen molar-refractivity contribution in [2.45, 2.75) is 25.8 Å². The van der Waals surface area contributed by atoms with E-state index in [1.807, 2.05) is 17.0 Å². The Bertz CT molecular complexity index is 1030. The summed E-state index contributed by atoms with van der Waals surface area (Å²) in [7, 11) is 4.19. The highest BCUT2D eigenvalue weighted by Crippen LogP contribution is 2.35. The fraction of sp³-hybridized carbons (Fsp3) is 0.321. The lowest BCUT2D eigenvalue weighted by molar-refractivity contribution is -0.118. The first-order valence-corrected chi connectivity index (χ1v) is 11.5. The van der Waals surface area contributed by atoms with Crippen molar-refractivity contribution >= 4 is 17.3 Å². The first-order chi connectivity index (χ1) is 15.6. The molecule has 0 saturated heterocycles. The third kappa shape index (κ3) is 4.86. The monoisotopic (exact) mass is 427 g/mol. The lowest BCUT2D eigenvalue weighted by Crippen LogP contribution is -2.54. The molecule has 0 aromatic heterocycles. The van der Waals surface area contributed by atoms with E-state index in [0.29, 0.717) is 12.5 Å². The summed E-state index contributed by atoms with van der Waals surface area (Å²) in [5.41, 5.74) is 5.81. The molecule has 4 rings (SSSR count). The van der Waals surface area contributed by atoms with Crippen LogP contribution < -0.4 is 9.80 Å². The Morgan fingerprint density at radius 2 is 1.50 bits per heavy atom. The Morgan fingerprint density at radius 1 is 0.875 bits per heavy atom. The summed E-state index contributed by atoms with van der Waals surface area (Å²) < 4.78 is 0. The van der Waals surface area contributed by atoms with E-state index >= 15 is 0 Å². The van der Waals surface area contributed by atoms with E-state index in [2.05, 4.69) is 97.5 Å². The van der Waals surface area contributed by atoms with E-state index in [9.17, 15) is 4.79 Å². The van der Waals surface area contributed by atoms with Gasteiger partial charge in [-0.05, 0) is 56.3 Å². The fourth-order valence-corrected chi connectivity index (χ4v) is 4.66. The van der Waals surface area contributed by atoms with Gasteiger partial charge in [0.15, 0.2) is 0 Å². The quantitative estimate of drug-likeness (QED) is 0.525. The number of likely N-dealkylation sites (N-methyl/N-ethyl adjacent to an activating group) is 2. The average molecular weight is 428 g/mol. The van der Waals surface area contributed by atoms with E-state index in [-0.39, 0.29) is 5.91 Å². The van der Waals surface area contributed by atoms with Gasteiger partial charge in [0.1, 0.15) is 0 Å². The number of fused-ring (bicyclic) bond motifs is 1. The molecule has 0 spiro atoms. The summed E-state index contributed by atoms with van der Waals surface area (Å²) in [5, 5.41) is 0. The SMILES string of the molecule is CCN1c2ccccc2N(C(=O)CCc2ccc(-c3ccccc3)cc2)CC1CN(C)C. The molecule has 32 heavy (non-hydrogen) atoms. The molecule has 0 N–H and O–H groups in total. The lowest BCUT2D eigenvalue weighted by Gasteiger charge is -2.44. The summed E-state index contributed by atoms with van der Waals surface area (Å²) in [6, 6.07) is 27.6. The highest BCUT2D eigenvalue weighted by molar-refractivity contribution is 5.98. The number of anilines is 2. The number of carbonyl (C=O) groups excluding carboxylic acids is 1. The smallest absolute Gasteiger partial charge is 0.227 e. The summed E-state index contributed by atoms with van der Waals surface area (Å²) in [6.45, 7) is 4.78. The Morgan fingerprint density at radius 3 is 2.16 bits per heavy atom. The van der Waals surface area contributed by atoms with Crippen LogP contribution in [0, 0.1) is 0 Å². The topological polar surface area (TPSA) is 26.8 Å². The van der Waals surface area contributed by atoms with Crippen molar-refractivity contribution < 1.29 is 4.79 Å². The van der Waals surface area contributed by atoms with Gasteiger partial charge >= 0.3 is 0 Å². The molecule has 4 nitrogen and oxygen atoms in total. The third-order valence-electron chi connectivity index (χ3n) is 6.22. The number of hydrogen-bond donors (Lipinski definition) is 0. The molecule has 0 saturated carbocycles. The molecule has 1 aliphatic rings. The van der Waals surface area contributed by atoms with Gasteiger partial charge in [-0.2, -0.15) is 0 Å². The number of aryl methyl sites for hydroxylation is 1. The van der Waals surface area contributed by atoms with Gasteiger partial charge in [0, 0.05) is 26.1 Å². The molecule has 1 atom stereocenters. The minimum atomic E-state index is 0.198. The van der Waals surface area contributed by atoms with E-state index in [4.69, 9.17) is 0 Å². The summed E-state index contributed by atoms with van der Waals surface area (Å²) >= 11 is 0. The second kappa shape index (κ2) is 10.0. The van der Waals surface area contributed by atoms with Crippen molar-refractivity contribution in [2.75, 3.05) is 43.5 Å². The van der Waals surface area contributed by atoms with E-state index in [1.54, 1.807) is 0 Å². The van der Waals surface area contributed by atoms with Crippen molar-refractivity contribution in [1.82, 2.24) is 4.90 Å². The molecule has 0 bridgehead atoms. The van der Waals surface area contributed by atoms with Crippen molar-refractivity contribution in [3.05, 3.63) is 84.4 Å². The first kappa shape index (κ1) is 22.1. The van der Waals surface area contributed by atoms with Gasteiger partial charge in [0.25, 0.3) is 0 Å². The van der Waals surface area contributed by atoms with Crippen LogP contribution in [-0.2, 0) is 11.2 Å².